The molecule has 1 aromatic heterocycles. The van der Waals surface area contributed by atoms with Gasteiger partial charge in [-0.25, -0.2) is 4.98 Å². The Bertz CT molecular complexity index is 355. The number of ether oxygens (including phenoxy) is 1. The number of nitrogens with two attached hydrogens (primary N) is 1. The summed E-state index contributed by atoms with van der Waals surface area (Å²) in [5.74, 6) is 0. The first-order valence-electron chi connectivity index (χ1n) is 6.13. The normalized spacial score (nSPS) is 26.3. The number of methoxy groups -OCH3 is 1. The maximum atomic E-state index is 6.27. The van der Waals surface area contributed by atoms with E-state index in [9.17, 15) is 0 Å². The van der Waals surface area contributed by atoms with Gasteiger partial charge in [-0.2, -0.15) is 0 Å². The quantitative estimate of drug-likeness (QED) is 0.887. The molecule has 0 aliphatic carbocycles. The van der Waals surface area contributed by atoms with Crippen LogP contribution in [0.2, 0.25) is 0 Å². The van der Waals surface area contributed by atoms with Gasteiger partial charge in [-0.1, -0.05) is 0 Å². The minimum Gasteiger partial charge on any atom is -0.383 e. The Hall–Kier alpha value is -0.490. The maximum Gasteiger partial charge on any atom is 0.112 e. The van der Waals surface area contributed by atoms with E-state index in [4.69, 9.17) is 10.5 Å². The lowest BCUT2D eigenvalue weighted by atomic mass is 9.97. The second-order valence-electron chi connectivity index (χ2n) is 4.61. The fourth-order valence-corrected chi connectivity index (χ4v) is 3.41. The minimum atomic E-state index is 0.200. The summed E-state index contributed by atoms with van der Waals surface area (Å²) in [6.07, 6.45) is 2.26. The molecule has 4 nitrogen and oxygen atoms in total. The highest BCUT2D eigenvalue weighted by Crippen LogP contribution is 2.31. The van der Waals surface area contributed by atoms with E-state index in [0.29, 0.717) is 0 Å². The Labute approximate surface area is 107 Å². The van der Waals surface area contributed by atoms with Gasteiger partial charge in [0, 0.05) is 30.8 Å². The molecule has 0 bridgehead atoms. The van der Waals surface area contributed by atoms with Crippen LogP contribution in [-0.4, -0.2) is 42.7 Å². The summed E-state index contributed by atoms with van der Waals surface area (Å²) < 4.78 is 5.17. The van der Waals surface area contributed by atoms with Crippen molar-refractivity contribution in [1.29, 1.82) is 0 Å². The number of aromatic nitrogens is 1. The van der Waals surface area contributed by atoms with Gasteiger partial charge in [-0.3, -0.25) is 4.90 Å². The van der Waals surface area contributed by atoms with Gasteiger partial charge in [0.2, 0.25) is 0 Å². The van der Waals surface area contributed by atoms with Crippen molar-refractivity contribution in [3.05, 3.63) is 16.1 Å². The standard InChI is InChI=1S/C12H21N3OS/c1-9-8-17-12(14-9)11-10(13)4-3-5-15(11)6-7-16-2/h8,10-11H,3-7,13H2,1-2H3. The maximum absolute atomic E-state index is 6.27. The minimum absolute atomic E-state index is 0.200. The molecule has 1 saturated heterocycles. The molecule has 0 saturated carbocycles. The number of piperidine rings is 1. The summed E-state index contributed by atoms with van der Waals surface area (Å²) in [5.41, 5.74) is 7.36. The number of likely N-dealkylation sites (tertiary alicyclic amines) is 1. The molecule has 2 atom stereocenters. The van der Waals surface area contributed by atoms with Gasteiger partial charge < -0.3 is 10.5 Å². The first kappa shape index (κ1) is 13.0. The van der Waals surface area contributed by atoms with Crippen molar-refractivity contribution >= 4 is 11.3 Å². The molecule has 96 valence electrons. The lowest BCUT2D eigenvalue weighted by Gasteiger charge is -2.38. The van der Waals surface area contributed by atoms with Crippen LogP contribution in [-0.2, 0) is 4.74 Å². The Morgan fingerprint density at radius 3 is 3.12 bits per heavy atom. The molecular formula is C12H21N3OS. The van der Waals surface area contributed by atoms with E-state index in [1.54, 1.807) is 18.4 Å². The second kappa shape index (κ2) is 5.91. The van der Waals surface area contributed by atoms with Gasteiger partial charge in [0.1, 0.15) is 5.01 Å². The van der Waals surface area contributed by atoms with E-state index in [1.165, 1.54) is 6.42 Å². The summed E-state index contributed by atoms with van der Waals surface area (Å²) >= 11 is 1.72. The van der Waals surface area contributed by atoms with Crippen LogP contribution < -0.4 is 5.73 Å². The highest BCUT2D eigenvalue weighted by Gasteiger charge is 2.31. The number of aryl methyl sites for hydroxylation is 1. The van der Waals surface area contributed by atoms with Crippen LogP contribution in [0.25, 0.3) is 0 Å². The number of hydrogen-bond donors (Lipinski definition) is 1. The lowest BCUT2D eigenvalue weighted by molar-refractivity contribution is 0.0846. The van der Waals surface area contributed by atoms with E-state index in [2.05, 4.69) is 15.3 Å². The largest absolute Gasteiger partial charge is 0.383 e. The molecule has 0 radical (unpaired) electrons. The van der Waals surface area contributed by atoms with Gasteiger partial charge in [-0.05, 0) is 26.3 Å². The van der Waals surface area contributed by atoms with Gasteiger partial charge >= 0.3 is 0 Å². The van der Waals surface area contributed by atoms with Crippen molar-refractivity contribution in [2.75, 3.05) is 26.8 Å². The Balaban J connectivity index is 2.12. The molecule has 0 amide bonds. The van der Waals surface area contributed by atoms with Crippen molar-refractivity contribution in [3.8, 4) is 0 Å². The van der Waals surface area contributed by atoms with Gasteiger partial charge in [0.15, 0.2) is 0 Å². The fraction of sp³-hybridized carbons (Fsp3) is 0.750. The number of thiazole rings is 1. The molecule has 0 aromatic carbocycles. The molecule has 0 spiro atoms. The van der Waals surface area contributed by atoms with Crippen molar-refractivity contribution in [2.24, 2.45) is 5.73 Å². The second-order valence-corrected chi connectivity index (χ2v) is 5.50. The molecule has 2 heterocycles. The average molecular weight is 255 g/mol. The smallest absolute Gasteiger partial charge is 0.112 e. The van der Waals surface area contributed by atoms with Crippen LogP contribution in [0.4, 0.5) is 0 Å². The molecule has 1 aromatic rings. The number of hydrogen-bond acceptors (Lipinski definition) is 5. The zero-order valence-corrected chi connectivity index (χ0v) is 11.4. The SMILES string of the molecule is COCCN1CCCC(N)C1c1nc(C)cs1. The highest BCUT2D eigenvalue weighted by atomic mass is 32.1. The third-order valence-corrected chi connectivity index (χ3v) is 4.29. The summed E-state index contributed by atoms with van der Waals surface area (Å²) in [7, 11) is 1.74. The van der Waals surface area contributed by atoms with Crippen molar-refractivity contribution in [3.63, 3.8) is 0 Å². The molecule has 2 rings (SSSR count). The van der Waals surface area contributed by atoms with Crippen LogP contribution in [0.15, 0.2) is 5.38 Å². The van der Waals surface area contributed by atoms with E-state index in [1.807, 2.05) is 6.92 Å². The highest BCUT2D eigenvalue weighted by molar-refractivity contribution is 7.09. The topological polar surface area (TPSA) is 51.4 Å². The zero-order valence-electron chi connectivity index (χ0n) is 10.6. The monoisotopic (exact) mass is 255 g/mol. The van der Waals surface area contributed by atoms with E-state index < -0.39 is 0 Å². The van der Waals surface area contributed by atoms with Gasteiger partial charge in [-0.15, -0.1) is 11.3 Å². The molecule has 1 aliphatic heterocycles. The Morgan fingerprint density at radius 1 is 1.65 bits per heavy atom. The fourth-order valence-electron chi connectivity index (χ4n) is 2.40. The summed E-state index contributed by atoms with van der Waals surface area (Å²) in [4.78, 5) is 7.01. The van der Waals surface area contributed by atoms with Crippen LogP contribution in [0.5, 0.6) is 0 Å². The summed E-state index contributed by atoms with van der Waals surface area (Å²) in [6.45, 7) is 4.83. The summed E-state index contributed by atoms with van der Waals surface area (Å²) in [5, 5.41) is 3.26. The Kier molecular flexibility index (Phi) is 4.50. The van der Waals surface area contributed by atoms with Crippen LogP contribution in [0, 0.1) is 6.92 Å². The lowest BCUT2D eigenvalue weighted by Crippen LogP contribution is -2.46. The first-order valence-corrected chi connectivity index (χ1v) is 7.01. The van der Waals surface area contributed by atoms with Gasteiger partial charge in [0.25, 0.3) is 0 Å². The zero-order chi connectivity index (χ0) is 12.3. The predicted molar refractivity (Wildman–Crippen MR) is 70.3 cm³/mol. The molecule has 5 heteroatoms. The number of rotatable bonds is 4. The van der Waals surface area contributed by atoms with E-state index in [0.717, 1.165) is 36.8 Å². The van der Waals surface area contributed by atoms with E-state index >= 15 is 0 Å². The third-order valence-electron chi connectivity index (χ3n) is 3.25. The predicted octanol–water partition coefficient (Wildman–Crippen LogP) is 1.56. The summed E-state index contributed by atoms with van der Waals surface area (Å²) in [6, 6.07) is 0.476. The molecule has 2 unspecified atom stereocenters. The third kappa shape index (κ3) is 3.04. The Morgan fingerprint density at radius 2 is 2.47 bits per heavy atom. The van der Waals surface area contributed by atoms with Crippen molar-refractivity contribution in [1.82, 2.24) is 9.88 Å². The first-order chi connectivity index (χ1) is 8.22. The van der Waals surface area contributed by atoms with Gasteiger partial charge in [0.05, 0.1) is 12.6 Å². The number of nitrogens with zero attached hydrogens (tertiary/aromatic N) is 2. The molecule has 2 N–H and O–H groups in total. The molecule has 1 aliphatic rings. The van der Waals surface area contributed by atoms with E-state index in [-0.39, 0.29) is 12.1 Å². The van der Waals surface area contributed by atoms with Crippen LogP contribution in [0.1, 0.15) is 29.6 Å². The van der Waals surface area contributed by atoms with Crippen LogP contribution in [0.3, 0.4) is 0 Å². The average Bonchev–Trinajstić information content (AvgIpc) is 2.73. The molecule has 1 fully saturated rings. The molecule has 17 heavy (non-hydrogen) atoms. The van der Waals surface area contributed by atoms with Crippen molar-refractivity contribution in [2.45, 2.75) is 31.8 Å². The van der Waals surface area contributed by atoms with Crippen molar-refractivity contribution < 1.29 is 4.74 Å². The molecular weight excluding hydrogens is 234 g/mol. The van der Waals surface area contributed by atoms with Crippen LogP contribution >= 0.6 is 11.3 Å².